The summed E-state index contributed by atoms with van der Waals surface area (Å²) in [5.41, 5.74) is 4.84. The zero-order valence-corrected chi connectivity index (χ0v) is 12.7. The molecule has 0 amide bonds. The summed E-state index contributed by atoms with van der Waals surface area (Å²) in [7, 11) is 0. The standard InChI is InChI=1S/C19H21NO/c1-15-10-11-16(2)19(13-15)21-14-18-9-4-3-7-17(18)8-5-6-12-20/h3-4,7,9-11,13H,5-6,8,14H2,1-2H3. The number of hydrogen-bond acceptors (Lipinski definition) is 2. The van der Waals surface area contributed by atoms with Crippen molar-refractivity contribution in [3.05, 3.63) is 64.7 Å². The lowest BCUT2D eigenvalue weighted by atomic mass is 10.0. The van der Waals surface area contributed by atoms with Crippen LogP contribution in [0.25, 0.3) is 0 Å². The lowest BCUT2D eigenvalue weighted by Gasteiger charge is -2.13. The van der Waals surface area contributed by atoms with Crippen LogP contribution in [-0.4, -0.2) is 0 Å². The minimum absolute atomic E-state index is 0.576. The summed E-state index contributed by atoms with van der Waals surface area (Å²) in [6.45, 7) is 4.71. The summed E-state index contributed by atoms with van der Waals surface area (Å²) < 4.78 is 5.99. The van der Waals surface area contributed by atoms with Crippen molar-refractivity contribution >= 4 is 0 Å². The van der Waals surface area contributed by atoms with Crippen molar-refractivity contribution in [3.63, 3.8) is 0 Å². The Morgan fingerprint density at radius 1 is 1.05 bits per heavy atom. The van der Waals surface area contributed by atoms with Gasteiger partial charge < -0.3 is 4.74 Å². The van der Waals surface area contributed by atoms with Crippen LogP contribution in [0.15, 0.2) is 42.5 Å². The first-order chi connectivity index (χ1) is 10.2. The smallest absolute Gasteiger partial charge is 0.122 e. The molecular weight excluding hydrogens is 258 g/mol. The molecule has 0 fully saturated rings. The Labute approximate surface area is 127 Å². The number of benzene rings is 2. The molecule has 0 aliphatic heterocycles. The summed E-state index contributed by atoms with van der Waals surface area (Å²) in [6, 6.07) is 16.8. The molecule has 0 aliphatic carbocycles. The van der Waals surface area contributed by atoms with Gasteiger partial charge in [-0.25, -0.2) is 0 Å². The first-order valence-electron chi connectivity index (χ1n) is 7.34. The minimum atomic E-state index is 0.576. The maximum atomic E-state index is 8.65. The van der Waals surface area contributed by atoms with Gasteiger partial charge in [0.05, 0.1) is 6.07 Å². The molecule has 2 rings (SSSR count). The van der Waals surface area contributed by atoms with Crippen molar-refractivity contribution in [2.45, 2.75) is 39.7 Å². The maximum absolute atomic E-state index is 8.65. The second kappa shape index (κ2) is 7.50. The van der Waals surface area contributed by atoms with Crippen LogP contribution in [0.3, 0.4) is 0 Å². The predicted molar refractivity (Wildman–Crippen MR) is 85.2 cm³/mol. The third kappa shape index (κ3) is 4.36. The van der Waals surface area contributed by atoms with Crippen molar-refractivity contribution in [1.82, 2.24) is 0 Å². The summed E-state index contributed by atoms with van der Waals surface area (Å²) in [5, 5.41) is 8.65. The van der Waals surface area contributed by atoms with Crippen LogP contribution >= 0.6 is 0 Å². The number of aryl methyl sites for hydroxylation is 3. The Balaban J connectivity index is 2.06. The molecule has 0 spiro atoms. The zero-order valence-electron chi connectivity index (χ0n) is 12.7. The molecule has 21 heavy (non-hydrogen) atoms. The Hall–Kier alpha value is -2.27. The second-order valence-corrected chi connectivity index (χ2v) is 5.34. The zero-order chi connectivity index (χ0) is 15.1. The molecule has 0 atom stereocenters. The molecule has 108 valence electrons. The third-order valence-corrected chi connectivity index (χ3v) is 3.58. The van der Waals surface area contributed by atoms with Gasteiger partial charge in [-0.2, -0.15) is 5.26 Å². The Morgan fingerprint density at radius 2 is 1.81 bits per heavy atom. The summed E-state index contributed by atoms with van der Waals surface area (Å²) in [6.07, 6.45) is 2.43. The first-order valence-corrected chi connectivity index (χ1v) is 7.34. The fourth-order valence-corrected chi connectivity index (χ4v) is 2.32. The van der Waals surface area contributed by atoms with Gasteiger partial charge in [-0.1, -0.05) is 36.4 Å². The van der Waals surface area contributed by atoms with E-state index in [2.05, 4.69) is 50.2 Å². The van der Waals surface area contributed by atoms with Gasteiger partial charge in [0.15, 0.2) is 0 Å². The molecule has 2 heteroatoms. The average molecular weight is 279 g/mol. The molecule has 0 aliphatic rings. The van der Waals surface area contributed by atoms with Gasteiger partial charge in [0.25, 0.3) is 0 Å². The summed E-state index contributed by atoms with van der Waals surface area (Å²) in [5.74, 6) is 0.946. The van der Waals surface area contributed by atoms with Gasteiger partial charge in [0, 0.05) is 6.42 Å². The molecule has 0 bridgehead atoms. The van der Waals surface area contributed by atoms with Gasteiger partial charge >= 0.3 is 0 Å². The Kier molecular flexibility index (Phi) is 5.40. The number of ether oxygens (including phenoxy) is 1. The van der Waals surface area contributed by atoms with E-state index in [-0.39, 0.29) is 0 Å². The average Bonchev–Trinajstić information content (AvgIpc) is 2.49. The van der Waals surface area contributed by atoms with Gasteiger partial charge in [-0.05, 0) is 55.0 Å². The van der Waals surface area contributed by atoms with Crippen LogP contribution in [0.4, 0.5) is 0 Å². The second-order valence-electron chi connectivity index (χ2n) is 5.34. The van der Waals surface area contributed by atoms with E-state index in [1.54, 1.807) is 0 Å². The van der Waals surface area contributed by atoms with Crippen LogP contribution in [-0.2, 0) is 13.0 Å². The molecule has 0 heterocycles. The lowest BCUT2D eigenvalue weighted by molar-refractivity contribution is 0.302. The highest BCUT2D eigenvalue weighted by molar-refractivity contribution is 5.36. The fraction of sp³-hybridized carbons (Fsp3) is 0.316. The van der Waals surface area contributed by atoms with Gasteiger partial charge in [0.1, 0.15) is 12.4 Å². The van der Waals surface area contributed by atoms with E-state index in [0.717, 1.165) is 24.2 Å². The monoisotopic (exact) mass is 279 g/mol. The number of hydrogen-bond donors (Lipinski definition) is 0. The minimum Gasteiger partial charge on any atom is -0.489 e. The SMILES string of the molecule is Cc1ccc(C)c(OCc2ccccc2CCCC#N)c1. The number of rotatable bonds is 6. The van der Waals surface area contributed by atoms with Crippen molar-refractivity contribution in [2.24, 2.45) is 0 Å². The molecule has 2 aromatic carbocycles. The largest absolute Gasteiger partial charge is 0.489 e. The molecule has 0 aromatic heterocycles. The van der Waals surface area contributed by atoms with E-state index in [1.165, 1.54) is 16.7 Å². The van der Waals surface area contributed by atoms with Crippen molar-refractivity contribution < 1.29 is 4.74 Å². The lowest BCUT2D eigenvalue weighted by Crippen LogP contribution is -2.01. The van der Waals surface area contributed by atoms with Gasteiger partial charge in [0.2, 0.25) is 0 Å². The molecule has 2 nitrogen and oxygen atoms in total. The first kappa shape index (κ1) is 15.1. The molecule has 0 N–H and O–H groups in total. The maximum Gasteiger partial charge on any atom is 0.122 e. The molecule has 0 unspecified atom stereocenters. The van der Waals surface area contributed by atoms with Crippen LogP contribution < -0.4 is 4.74 Å². The summed E-state index contributed by atoms with van der Waals surface area (Å²) in [4.78, 5) is 0. The van der Waals surface area contributed by atoms with Gasteiger partial charge in [-0.3, -0.25) is 0 Å². The highest BCUT2D eigenvalue weighted by Gasteiger charge is 2.05. The van der Waals surface area contributed by atoms with Crippen molar-refractivity contribution in [2.75, 3.05) is 0 Å². The van der Waals surface area contributed by atoms with E-state index >= 15 is 0 Å². The Morgan fingerprint density at radius 3 is 2.57 bits per heavy atom. The number of nitrogens with zero attached hydrogens (tertiary/aromatic N) is 1. The van der Waals surface area contributed by atoms with Crippen LogP contribution in [0.1, 0.15) is 35.1 Å². The predicted octanol–water partition coefficient (Wildman–Crippen LogP) is 4.73. The molecule has 0 saturated carbocycles. The quantitative estimate of drug-likeness (QED) is 0.716. The molecule has 0 radical (unpaired) electrons. The van der Waals surface area contributed by atoms with Gasteiger partial charge in [-0.15, -0.1) is 0 Å². The topological polar surface area (TPSA) is 33.0 Å². The van der Waals surface area contributed by atoms with Crippen LogP contribution in [0.2, 0.25) is 0 Å². The number of unbranched alkanes of at least 4 members (excludes halogenated alkanes) is 1. The molecular formula is C19H21NO. The van der Waals surface area contributed by atoms with E-state index in [9.17, 15) is 0 Å². The highest BCUT2D eigenvalue weighted by atomic mass is 16.5. The van der Waals surface area contributed by atoms with E-state index in [4.69, 9.17) is 10.00 Å². The van der Waals surface area contributed by atoms with E-state index < -0.39 is 0 Å². The van der Waals surface area contributed by atoms with E-state index in [1.807, 2.05) is 12.1 Å². The van der Waals surface area contributed by atoms with Crippen LogP contribution in [0.5, 0.6) is 5.75 Å². The van der Waals surface area contributed by atoms with Crippen LogP contribution in [0, 0.1) is 25.2 Å². The fourth-order valence-electron chi connectivity index (χ4n) is 2.32. The number of nitriles is 1. The molecule has 2 aromatic rings. The third-order valence-electron chi connectivity index (χ3n) is 3.58. The van der Waals surface area contributed by atoms with E-state index in [0.29, 0.717) is 13.0 Å². The van der Waals surface area contributed by atoms with Crippen molar-refractivity contribution in [1.29, 1.82) is 5.26 Å². The summed E-state index contributed by atoms with van der Waals surface area (Å²) >= 11 is 0. The Bertz CT molecular complexity index is 640. The highest BCUT2D eigenvalue weighted by Crippen LogP contribution is 2.21. The van der Waals surface area contributed by atoms with Crippen molar-refractivity contribution in [3.8, 4) is 11.8 Å². The normalized spacial score (nSPS) is 10.1. The molecule has 0 saturated heterocycles.